The Labute approximate surface area is 83.6 Å². The van der Waals surface area contributed by atoms with Crippen LogP contribution in [-0.4, -0.2) is 41.2 Å². The third-order valence-electron chi connectivity index (χ3n) is 2.46. The minimum absolute atomic E-state index is 0.189. The summed E-state index contributed by atoms with van der Waals surface area (Å²) in [5.74, 6) is 0.960. The van der Waals surface area contributed by atoms with Crippen LogP contribution in [0.3, 0.4) is 0 Å². The van der Waals surface area contributed by atoms with E-state index in [0.717, 1.165) is 32.1 Å². The Balaban J connectivity index is 2.08. The van der Waals surface area contributed by atoms with Crippen LogP contribution in [0.4, 0.5) is 0 Å². The van der Waals surface area contributed by atoms with Crippen LogP contribution >= 0.6 is 0 Å². The summed E-state index contributed by atoms with van der Waals surface area (Å²) in [6.45, 7) is 7.33. The Bertz CT molecular complexity index is 278. The second-order valence-electron chi connectivity index (χ2n) is 3.30. The number of aromatic nitrogens is 2. The van der Waals surface area contributed by atoms with Crippen LogP contribution in [0.5, 0.6) is 0 Å². The number of rotatable bonds is 3. The molecule has 0 aliphatic carbocycles. The summed E-state index contributed by atoms with van der Waals surface area (Å²) in [5.41, 5.74) is 0. The fourth-order valence-electron chi connectivity index (χ4n) is 1.73. The van der Waals surface area contributed by atoms with Crippen LogP contribution in [-0.2, 0) is 4.74 Å². The molecule has 0 amide bonds. The van der Waals surface area contributed by atoms with Gasteiger partial charge >= 0.3 is 0 Å². The van der Waals surface area contributed by atoms with Gasteiger partial charge < -0.3 is 9.72 Å². The molecule has 1 unspecified atom stereocenters. The van der Waals surface area contributed by atoms with E-state index in [0.29, 0.717) is 0 Å². The number of morpholine rings is 1. The summed E-state index contributed by atoms with van der Waals surface area (Å²) in [7, 11) is 0. The predicted octanol–water partition coefficient (Wildman–Crippen LogP) is 0.969. The number of hydrogen-bond acceptors (Lipinski definition) is 3. The first-order valence-corrected chi connectivity index (χ1v) is 4.85. The van der Waals surface area contributed by atoms with Crippen molar-refractivity contribution in [3.05, 3.63) is 30.9 Å². The van der Waals surface area contributed by atoms with Gasteiger partial charge in [-0.1, -0.05) is 6.08 Å². The fourth-order valence-corrected chi connectivity index (χ4v) is 1.73. The van der Waals surface area contributed by atoms with Crippen LogP contribution in [0.1, 0.15) is 11.9 Å². The number of imidazole rings is 1. The molecule has 2 heterocycles. The Hall–Kier alpha value is -1.13. The van der Waals surface area contributed by atoms with E-state index in [9.17, 15) is 0 Å². The number of H-pyrrole nitrogens is 1. The van der Waals surface area contributed by atoms with Gasteiger partial charge in [0, 0.05) is 25.5 Å². The molecule has 1 aliphatic heterocycles. The van der Waals surface area contributed by atoms with E-state index >= 15 is 0 Å². The molecule has 1 saturated heterocycles. The standard InChI is InChI=1S/C10H15N3O/c1-2-9(10-11-3-4-12-10)13-5-7-14-8-6-13/h2-4,9H,1,5-8H2,(H,11,12). The Morgan fingerprint density at radius 3 is 2.93 bits per heavy atom. The number of ether oxygens (including phenoxy) is 1. The highest BCUT2D eigenvalue weighted by Gasteiger charge is 2.21. The van der Waals surface area contributed by atoms with Gasteiger partial charge in [0.2, 0.25) is 0 Å². The molecule has 76 valence electrons. The highest BCUT2D eigenvalue weighted by molar-refractivity contribution is 5.04. The van der Waals surface area contributed by atoms with Crippen molar-refractivity contribution in [1.29, 1.82) is 0 Å². The van der Waals surface area contributed by atoms with Crippen molar-refractivity contribution in [2.75, 3.05) is 26.3 Å². The first-order valence-electron chi connectivity index (χ1n) is 4.85. The van der Waals surface area contributed by atoms with E-state index < -0.39 is 0 Å². The van der Waals surface area contributed by atoms with Crippen molar-refractivity contribution in [2.24, 2.45) is 0 Å². The van der Waals surface area contributed by atoms with Gasteiger partial charge in [0.25, 0.3) is 0 Å². The van der Waals surface area contributed by atoms with Gasteiger partial charge in [0.05, 0.1) is 19.3 Å². The molecule has 1 aromatic heterocycles. The van der Waals surface area contributed by atoms with Gasteiger partial charge in [0.1, 0.15) is 5.82 Å². The minimum Gasteiger partial charge on any atom is -0.379 e. The lowest BCUT2D eigenvalue weighted by Gasteiger charge is -2.31. The predicted molar refractivity (Wildman–Crippen MR) is 53.9 cm³/mol. The van der Waals surface area contributed by atoms with E-state index in [2.05, 4.69) is 21.4 Å². The zero-order valence-electron chi connectivity index (χ0n) is 8.15. The molecule has 0 saturated carbocycles. The highest BCUT2D eigenvalue weighted by atomic mass is 16.5. The Morgan fingerprint density at radius 2 is 2.36 bits per heavy atom. The average Bonchev–Trinajstić information content (AvgIpc) is 2.74. The summed E-state index contributed by atoms with van der Waals surface area (Å²) in [6.07, 6.45) is 5.53. The van der Waals surface area contributed by atoms with Gasteiger partial charge in [0.15, 0.2) is 0 Å². The Morgan fingerprint density at radius 1 is 1.57 bits per heavy atom. The SMILES string of the molecule is C=CC(c1ncc[nH]1)N1CCOCC1. The number of nitrogens with one attached hydrogen (secondary N) is 1. The van der Waals surface area contributed by atoms with Crippen molar-refractivity contribution in [3.8, 4) is 0 Å². The van der Waals surface area contributed by atoms with E-state index in [4.69, 9.17) is 4.74 Å². The maximum atomic E-state index is 5.31. The summed E-state index contributed by atoms with van der Waals surface area (Å²) in [5, 5.41) is 0. The van der Waals surface area contributed by atoms with Crippen molar-refractivity contribution < 1.29 is 4.74 Å². The van der Waals surface area contributed by atoms with Crippen LogP contribution in [0, 0.1) is 0 Å². The molecular formula is C10H15N3O. The molecule has 4 nitrogen and oxygen atoms in total. The van der Waals surface area contributed by atoms with Crippen molar-refractivity contribution in [1.82, 2.24) is 14.9 Å². The quantitative estimate of drug-likeness (QED) is 0.727. The fraction of sp³-hybridized carbons (Fsp3) is 0.500. The van der Waals surface area contributed by atoms with Crippen LogP contribution in [0.25, 0.3) is 0 Å². The highest BCUT2D eigenvalue weighted by Crippen LogP contribution is 2.18. The summed E-state index contributed by atoms with van der Waals surface area (Å²) >= 11 is 0. The normalized spacial score (nSPS) is 20.6. The van der Waals surface area contributed by atoms with Crippen LogP contribution in [0.15, 0.2) is 25.0 Å². The van der Waals surface area contributed by atoms with Gasteiger partial charge in [-0.25, -0.2) is 4.98 Å². The maximum Gasteiger partial charge on any atom is 0.127 e. The van der Waals surface area contributed by atoms with Gasteiger partial charge in [-0.2, -0.15) is 0 Å². The lowest BCUT2D eigenvalue weighted by atomic mass is 10.2. The molecule has 0 aromatic carbocycles. The van der Waals surface area contributed by atoms with E-state index in [1.165, 1.54) is 0 Å². The van der Waals surface area contributed by atoms with Gasteiger partial charge in [-0.15, -0.1) is 6.58 Å². The molecule has 1 aliphatic rings. The average molecular weight is 193 g/mol. The van der Waals surface area contributed by atoms with E-state index in [1.807, 2.05) is 12.3 Å². The Kier molecular flexibility index (Phi) is 2.96. The van der Waals surface area contributed by atoms with Crippen molar-refractivity contribution in [3.63, 3.8) is 0 Å². The van der Waals surface area contributed by atoms with E-state index in [-0.39, 0.29) is 6.04 Å². The van der Waals surface area contributed by atoms with Gasteiger partial charge in [-0.3, -0.25) is 4.90 Å². The molecule has 1 atom stereocenters. The maximum absolute atomic E-state index is 5.31. The zero-order chi connectivity index (χ0) is 9.80. The van der Waals surface area contributed by atoms with Crippen LogP contribution < -0.4 is 0 Å². The lowest BCUT2D eigenvalue weighted by molar-refractivity contribution is 0.0240. The second-order valence-corrected chi connectivity index (χ2v) is 3.30. The second kappa shape index (κ2) is 4.39. The number of hydrogen-bond donors (Lipinski definition) is 1. The zero-order valence-corrected chi connectivity index (χ0v) is 8.15. The molecule has 0 spiro atoms. The molecular weight excluding hydrogens is 178 g/mol. The summed E-state index contributed by atoms with van der Waals surface area (Å²) < 4.78 is 5.31. The largest absolute Gasteiger partial charge is 0.379 e. The molecule has 2 rings (SSSR count). The van der Waals surface area contributed by atoms with E-state index in [1.54, 1.807) is 6.20 Å². The molecule has 1 aromatic rings. The first kappa shape index (κ1) is 9.43. The molecule has 1 N–H and O–H groups in total. The number of nitrogens with zero attached hydrogens (tertiary/aromatic N) is 2. The summed E-state index contributed by atoms with van der Waals surface area (Å²) in [4.78, 5) is 9.69. The molecule has 0 bridgehead atoms. The molecule has 4 heteroatoms. The lowest BCUT2D eigenvalue weighted by Crippen LogP contribution is -2.38. The third-order valence-corrected chi connectivity index (χ3v) is 2.46. The minimum atomic E-state index is 0.189. The third kappa shape index (κ3) is 1.86. The topological polar surface area (TPSA) is 41.2 Å². The number of aromatic amines is 1. The first-order chi connectivity index (χ1) is 6.92. The monoisotopic (exact) mass is 193 g/mol. The molecule has 14 heavy (non-hydrogen) atoms. The smallest absolute Gasteiger partial charge is 0.127 e. The molecule has 0 radical (unpaired) electrons. The van der Waals surface area contributed by atoms with Crippen LogP contribution in [0.2, 0.25) is 0 Å². The van der Waals surface area contributed by atoms with Crippen molar-refractivity contribution in [2.45, 2.75) is 6.04 Å². The summed E-state index contributed by atoms with van der Waals surface area (Å²) in [6, 6.07) is 0.189. The van der Waals surface area contributed by atoms with Crippen molar-refractivity contribution >= 4 is 0 Å². The molecule has 1 fully saturated rings. The van der Waals surface area contributed by atoms with Gasteiger partial charge in [-0.05, 0) is 0 Å².